The van der Waals surface area contributed by atoms with Crippen LogP contribution in [0.5, 0.6) is 0 Å². The fraction of sp³-hybridized carbons (Fsp3) is 0.111. The molecule has 25 heavy (non-hydrogen) atoms. The summed E-state index contributed by atoms with van der Waals surface area (Å²) in [4.78, 5) is 19.7. The number of imidazole rings is 1. The molecule has 3 aromatic heterocycles. The number of benzene rings is 1. The smallest absolute Gasteiger partial charge is 0.268 e. The van der Waals surface area contributed by atoms with Crippen LogP contribution in [0.25, 0.3) is 16.6 Å². The van der Waals surface area contributed by atoms with Gasteiger partial charge < -0.3 is 14.7 Å². The molecule has 126 valence electrons. The van der Waals surface area contributed by atoms with Crippen molar-refractivity contribution in [2.45, 2.75) is 13.5 Å². The molecule has 0 aliphatic carbocycles. The summed E-state index contributed by atoms with van der Waals surface area (Å²) >= 11 is 5.95. The molecule has 0 aliphatic heterocycles. The number of pyridine rings is 1. The Morgan fingerprint density at radius 1 is 1.32 bits per heavy atom. The molecule has 0 unspecified atom stereocenters. The van der Waals surface area contributed by atoms with E-state index in [0.29, 0.717) is 21.9 Å². The lowest BCUT2D eigenvalue weighted by Gasteiger charge is -2.00. The minimum absolute atomic E-state index is 0.272. The molecule has 0 radical (unpaired) electrons. The molecule has 0 spiro atoms. The van der Waals surface area contributed by atoms with Gasteiger partial charge in [0.05, 0.1) is 17.3 Å². The summed E-state index contributed by atoms with van der Waals surface area (Å²) < 4.78 is 15.3. The summed E-state index contributed by atoms with van der Waals surface area (Å²) in [5.41, 5.74) is 3.24. The van der Waals surface area contributed by atoms with Crippen molar-refractivity contribution in [3.8, 4) is 0 Å². The Labute approximate surface area is 147 Å². The molecule has 4 aromatic rings. The minimum Gasteiger partial charge on any atom is -0.350 e. The van der Waals surface area contributed by atoms with Gasteiger partial charge in [0.15, 0.2) is 0 Å². The number of nitrogens with one attached hydrogen (secondary N) is 2. The number of aromatic amines is 1. The molecule has 0 aliphatic rings. The third-order valence-corrected chi connectivity index (χ3v) is 4.27. The maximum absolute atomic E-state index is 13.5. The van der Waals surface area contributed by atoms with E-state index < -0.39 is 0 Å². The number of rotatable bonds is 3. The molecule has 0 atom stereocenters. The number of hydrogen-bond donors (Lipinski definition) is 2. The van der Waals surface area contributed by atoms with Gasteiger partial charge in [0.2, 0.25) is 0 Å². The normalized spacial score (nSPS) is 11.3. The first-order chi connectivity index (χ1) is 12.0. The van der Waals surface area contributed by atoms with E-state index in [0.717, 1.165) is 16.6 Å². The van der Waals surface area contributed by atoms with Crippen LogP contribution in [0.15, 0.2) is 42.7 Å². The Hall–Kier alpha value is -2.86. The van der Waals surface area contributed by atoms with Gasteiger partial charge in [0, 0.05) is 23.3 Å². The highest BCUT2D eigenvalue weighted by Gasteiger charge is 2.12. The quantitative estimate of drug-likeness (QED) is 0.585. The van der Waals surface area contributed by atoms with Gasteiger partial charge in [-0.2, -0.15) is 0 Å². The van der Waals surface area contributed by atoms with E-state index in [1.165, 1.54) is 12.1 Å². The zero-order valence-electron chi connectivity index (χ0n) is 13.3. The molecule has 4 rings (SSSR count). The molecule has 3 heterocycles. The first kappa shape index (κ1) is 15.7. The van der Waals surface area contributed by atoms with E-state index in [1.54, 1.807) is 22.7 Å². The van der Waals surface area contributed by atoms with Crippen LogP contribution in [0.1, 0.15) is 21.7 Å². The van der Waals surface area contributed by atoms with Crippen molar-refractivity contribution in [1.82, 2.24) is 19.7 Å². The number of H-pyrrole nitrogens is 1. The van der Waals surface area contributed by atoms with Crippen molar-refractivity contribution in [2.24, 2.45) is 0 Å². The second-order valence-corrected chi connectivity index (χ2v) is 6.33. The molecule has 0 saturated heterocycles. The molecule has 5 nitrogen and oxygen atoms in total. The second-order valence-electron chi connectivity index (χ2n) is 5.89. The third-order valence-electron chi connectivity index (χ3n) is 4.05. The van der Waals surface area contributed by atoms with Gasteiger partial charge in [-0.15, -0.1) is 0 Å². The topological polar surface area (TPSA) is 62.2 Å². The summed E-state index contributed by atoms with van der Waals surface area (Å²) in [6, 6.07) is 8.12. The van der Waals surface area contributed by atoms with E-state index in [9.17, 15) is 9.18 Å². The van der Waals surface area contributed by atoms with Crippen LogP contribution in [0.4, 0.5) is 4.39 Å². The van der Waals surface area contributed by atoms with Gasteiger partial charge in [-0.05, 0) is 42.8 Å². The minimum atomic E-state index is -0.331. The molecular weight excluding hydrogens is 343 g/mol. The SMILES string of the molecule is Cc1cc(F)cc2[nH]c(C(=O)NCc3cn4cc(Cl)ccc4n3)cc12. The molecule has 7 heteroatoms. The van der Waals surface area contributed by atoms with Crippen molar-refractivity contribution in [1.29, 1.82) is 0 Å². The summed E-state index contributed by atoms with van der Waals surface area (Å²) in [7, 11) is 0. The number of carbonyl (C=O) groups is 1. The number of carbonyl (C=O) groups excluding carboxylic acids is 1. The fourth-order valence-corrected chi connectivity index (χ4v) is 3.03. The fourth-order valence-electron chi connectivity index (χ4n) is 2.87. The van der Waals surface area contributed by atoms with E-state index in [-0.39, 0.29) is 18.3 Å². The third kappa shape index (κ3) is 2.96. The highest BCUT2D eigenvalue weighted by Crippen LogP contribution is 2.21. The zero-order chi connectivity index (χ0) is 17.6. The van der Waals surface area contributed by atoms with Crippen LogP contribution < -0.4 is 5.32 Å². The maximum Gasteiger partial charge on any atom is 0.268 e. The van der Waals surface area contributed by atoms with Crippen LogP contribution >= 0.6 is 11.6 Å². The van der Waals surface area contributed by atoms with E-state index >= 15 is 0 Å². The number of nitrogens with zero attached hydrogens (tertiary/aromatic N) is 2. The lowest BCUT2D eigenvalue weighted by molar-refractivity contribution is 0.0946. The van der Waals surface area contributed by atoms with E-state index in [4.69, 9.17) is 11.6 Å². The predicted molar refractivity (Wildman–Crippen MR) is 94.4 cm³/mol. The van der Waals surface area contributed by atoms with Gasteiger partial charge >= 0.3 is 0 Å². The molecule has 0 fully saturated rings. The highest BCUT2D eigenvalue weighted by atomic mass is 35.5. The van der Waals surface area contributed by atoms with E-state index in [2.05, 4.69) is 15.3 Å². The average molecular weight is 357 g/mol. The highest BCUT2D eigenvalue weighted by molar-refractivity contribution is 6.30. The Morgan fingerprint density at radius 2 is 2.16 bits per heavy atom. The van der Waals surface area contributed by atoms with Gasteiger partial charge in [-0.25, -0.2) is 9.37 Å². The van der Waals surface area contributed by atoms with Crippen LogP contribution in [-0.2, 0) is 6.54 Å². The van der Waals surface area contributed by atoms with Crippen LogP contribution in [0.2, 0.25) is 5.02 Å². The summed E-state index contributed by atoms with van der Waals surface area (Å²) in [5, 5.41) is 4.25. The lowest BCUT2D eigenvalue weighted by Crippen LogP contribution is -2.23. The summed E-state index contributed by atoms with van der Waals surface area (Å²) in [6.45, 7) is 2.09. The molecule has 1 aromatic carbocycles. The monoisotopic (exact) mass is 356 g/mol. The number of aryl methyl sites for hydroxylation is 1. The summed E-state index contributed by atoms with van der Waals surface area (Å²) in [5.74, 6) is -0.603. The first-order valence-electron chi connectivity index (χ1n) is 7.70. The molecule has 1 amide bonds. The average Bonchev–Trinajstić information content (AvgIpc) is 3.15. The maximum atomic E-state index is 13.5. The van der Waals surface area contributed by atoms with Crippen molar-refractivity contribution >= 4 is 34.1 Å². The summed E-state index contributed by atoms with van der Waals surface area (Å²) in [6.07, 6.45) is 3.57. The lowest BCUT2D eigenvalue weighted by atomic mass is 10.1. The Kier molecular flexibility index (Phi) is 3.69. The van der Waals surface area contributed by atoms with Crippen LogP contribution in [0.3, 0.4) is 0 Å². The number of hydrogen-bond acceptors (Lipinski definition) is 2. The predicted octanol–water partition coefficient (Wildman–Crippen LogP) is 3.85. The standard InChI is InChI=1S/C18H14ClFN4O/c1-10-4-12(20)5-15-14(10)6-16(23-15)18(25)21-7-13-9-24-8-11(19)2-3-17(24)22-13/h2-6,8-9,23H,7H2,1H3,(H,21,25). The number of amides is 1. The Morgan fingerprint density at radius 3 is 3.00 bits per heavy atom. The Balaban J connectivity index is 1.54. The number of fused-ring (bicyclic) bond motifs is 2. The zero-order valence-corrected chi connectivity index (χ0v) is 14.1. The van der Waals surface area contributed by atoms with Crippen molar-refractivity contribution in [2.75, 3.05) is 0 Å². The number of aromatic nitrogens is 3. The van der Waals surface area contributed by atoms with Gasteiger partial charge in [-0.1, -0.05) is 11.6 Å². The number of halogens is 2. The Bertz CT molecular complexity index is 1120. The molecule has 0 saturated carbocycles. The van der Waals surface area contributed by atoms with E-state index in [1.807, 2.05) is 19.2 Å². The molecule has 2 N–H and O–H groups in total. The molecular formula is C18H14ClFN4O. The van der Waals surface area contributed by atoms with Gasteiger partial charge in [0.25, 0.3) is 5.91 Å². The van der Waals surface area contributed by atoms with Crippen molar-refractivity contribution in [3.63, 3.8) is 0 Å². The van der Waals surface area contributed by atoms with Crippen LogP contribution in [0, 0.1) is 12.7 Å². The van der Waals surface area contributed by atoms with Crippen molar-refractivity contribution in [3.05, 3.63) is 70.5 Å². The first-order valence-corrected chi connectivity index (χ1v) is 8.07. The largest absolute Gasteiger partial charge is 0.350 e. The molecule has 0 bridgehead atoms. The van der Waals surface area contributed by atoms with Gasteiger partial charge in [0.1, 0.15) is 17.2 Å². The van der Waals surface area contributed by atoms with Crippen LogP contribution in [-0.4, -0.2) is 20.3 Å². The van der Waals surface area contributed by atoms with Crippen molar-refractivity contribution < 1.29 is 9.18 Å². The second kappa shape index (κ2) is 5.89. The van der Waals surface area contributed by atoms with Gasteiger partial charge in [-0.3, -0.25) is 4.79 Å².